The van der Waals surface area contributed by atoms with Crippen LogP contribution in [0.25, 0.3) is 0 Å². The van der Waals surface area contributed by atoms with Gasteiger partial charge >= 0.3 is 0 Å². The molecule has 1 aliphatic heterocycles. The molecular formula is C17H26N4. The van der Waals surface area contributed by atoms with E-state index in [1.54, 1.807) is 0 Å². The third-order valence-corrected chi connectivity index (χ3v) is 4.43. The van der Waals surface area contributed by atoms with Gasteiger partial charge in [0.25, 0.3) is 0 Å². The van der Waals surface area contributed by atoms with Crippen LogP contribution in [-0.4, -0.2) is 33.9 Å². The number of nitrogens with zero attached hydrogens (tertiary/aromatic N) is 1. The zero-order valence-electron chi connectivity index (χ0n) is 13.5. The van der Waals surface area contributed by atoms with E-state index >= 15 is 0 Å². The van der Waals surface area contributed by atoms with Gasteiger partial charge in [-0.25, -0.2) is 0 Å². The van der Waals surface area contributed by atoms with Crippen LogP contribution in [0.15, 0.2) is 18.2 Å². The first kappa shape index (κ1) is 15.8. The van der Waals surface area contributed by atoms with Crippen molar-refractivity contribution in [2.24, 2.45) is 0 Å². The number of hydrogen-bond donors (Lipinski definition) is 3. The Kier molecular flexibility index (Phi) is 4.89. The van der Waals surface area contributed by atoms with Crippen LogP contribution in [0.4, 0.5) is 5.69 Å². The summed E-state index contributed by atoms with van der Waals surface area (Å²) < 4.78 is 0. The van der Waals surface area contributed by atoms with Gasteiger partial charge in [0.05, 0.1) is 0 Å². The predicted octanol–water partition coefficient (Wildman–Crippen LogP) is 1.43. The summed E-state index contributed by atoms with van der Waals surface area (Å²) in [5, 5.41) is 10.4. The number of terminal acetylenes is 1. The van der Waals surface area contributed by atoms with E-state index in [9.17, 15) is 0 Å². The zero-order chi connectivity index (χ0) is 15.5. The van der Waals surface area contributed by atoms with Gasteiger partial charge in [0, 0.05) is 23.4 Å². The molecule has 0 bridgehead atoms. The zero-order valence-corrected chi connectivity index (χ0v) is 13.5. The highest BCUT2D eigenvalue weighted by Gasteiger charge is 2.48. The number of hydrogen-bond acceptors (Lipinski definition) is 4. The van der Waals surface area contributed by atoms with Crippen molar-refractivity contribution in [3.63, 3.8) is 0 Å². The summed E-state index contributed by atoms with van der Waals surface area (Å²) in [4.78, 5) is 2.42. The second kappa shape index (κ2) is 6.48. The maximum Gasteiger partial charge on any atom is 0.131 e. The number of anilines is 1. The summed E-state index contributed by atoms with van der Waals surface area (Å²) in [7, 11) is 5.97. The van der Waals surface area contributed by atoms with Crippen LogP contribution in [0.1, 0.15) is 30.9 Å². The van der Waals surface area contributed by atoms with Crippen molar-refractivity contribution in [3.05, 3.63) is 29.3 Å². The monoisotopic (exact) mass is 286 g/mol. The first-order valence-electron chi connectivity index (χ1n) is 7.61. The fourth-order valence-corrected chi connectivity index (χ4v) is 3.33. The molecule has 2 rings (SSSR count). The Hall–Kier alpha value is -1.54. The molecule has 0 amide bonds. The molecule has 4 nitrogen and oxygen atoms in total. The smallest absolute Gasteiger partial charge is 0.131 e. The van der Waals surface area contributed by atoms with Crippen molar-refractivity contribution in [3.8, 4) is 12.3 Å². The lowest BCUT2D eigenvalue weighted by Crippen LogP contribution is -2.65. The third kappa shape index (κ3) is 2.42. The molecule has 1 aromatic rings. The molecule has 3 N–H and O–H groups in total. The number of nitrogens with one attached hydrogen (secondary N) is 3. The molecule has 0 saturated heterocycles. The SMILES string of the molecule is C#Cc1ccc2c(c1)C(NC)(NC)C(NC)N2CCCC. The normalized spacial score (nSPS) is 19.4. The Morgan fingerprint density at radius 2 is 2.00 bits per heavy atom. The van der Waals surface area contributed by atoms with Crippen LogP contribution in [0.2, 0.25) is 0 Å². The van der Waals surface area contributed by atoms with Gasteiger partial charge in [-0.05, 0) is 45.8 Å². The lowest BCUT2D eigenvalue weighted by molar-refractivity contribution is 0.229. The number of benzene rings is 1. The van der Waals surface area contributed by atoms with Crippen molar-refractivity contribution < 1.29 is 0 Å². The molecule has 0 spiro atoms. The van der Waals surface area contributed by atoms with Gasteiger partial charge in [-0.15, -0.1) is 6.42 Å². The molecule has 4 heteroatoms. The Labute approximate surface area is 128 Å². The van der Waals surface area contributed by atoms with Crippen LogP contribution < -0.4 is 20.9 Å². The van der Waals surface area contributed by atoms with E-state index in [0.717, 1.165) is 18.5 Å². The maximum atomic E-state index is 5.58. The van der Waals surface area contributed by atoms with Crippen LogP contribution in [-0.2, 0) is 5.66 Å². The Balaban J connectivity index is 2.56. The number of rotatable bonds is 6. The minimum absolute atomic E-state index is 0.141. The first-order chi connectivity index (χ1) is 10.2. The molecule has 21 heavy (non-hydrogen) atoms. The Morgan fingerprint density at radius 1 is 1.29 bits per heavy atom. The fourth-order valence-electron chi connectivity index (χ4n) is 3.33. The fraction of sp³-hybridized carbons (Fsp3) is 0.529. The largest absolute Gasteiger partial charge is 0.352 e. The van der Waals surface area contributed by atoms with Crippen LogP contribution >= 0.6 is 0 Å². The average molecular weight is 286 g/mol. The van der Waals surface area contributed by atoms with Gasteiger partial charge < -0.3 is 4.90 Å². The quantitative estimate of drug-likeness (QED) is 0.546. The molecule has 114 valence electrons. The van der Waals surface area contributed by atoms with E-state index in [1.807, 2.05) is 27.2 Å². The summed E-state index contributed by atoms with van der Waals surface area (Å²) in [5.41, 5.74) is 3.02. The third-order valence-electron chi connectivity index (χ3n) is 4.43. The maximum absolute atomic E-state index is 5.58. The standard InChI is InChI=1S/C17H26N4/c1-6-8-11-21-15-10-9-13(7-2)12-14(15)17(19-4,20-5)16(21)18-3/h2,9-10,12,16,18-20H,6,8,11H2,1,3-5H3. The van der Waals surface area contributed by atoms with Crippen LogP contribution in [0, 0.1) is 12.3 Å². The highest BCUT2D eigenvalue weighted by atomic mass is 15.4. The molecule has 1 heterocycles. The van der Waals surface area contributed by atoms with E-state index in [2.05, 4.69) is 45.8 Å². The van der Waals surface area contributed by atoms with Gasteiger partial charge in [-0.2, -0.15) is 0 Å². The van der Waals surface area contributed by atoms with E-state index in [0.29, 0.717) is 0 Å². The van der Waals surface area contributed by atoms with Crippen molar-refractivity contribution in [2.75, 3.05) is 32.6 Å². The second-order valence-corrected chi connectivity index (χ2v) is 5.42. The van der Waals surface area contributed by atoms with Crippen LogP contribution in [0.3, 0.4) is 0 Å². The average Bonchev–Trinajstić information content (AvgIpc) is 2.81. The van der Waals surface area contributed by atoms with E-state index < -0.39 is 0 Å². The molecule has 1 atom stereocenters. The molecule has 1 unspecified atom stereocenters. The summed E-state index contributed by atoms with van der Waals surface area (Å²) in [6, 6.07) is 6.27. The molecule has 1 aliphatic rings. The van der Waals surface area contributed by atoms with Crippen LogP contribution in [0.5, 0.6) is 0 Å². The second-order valence-electron chi connectivity index (χ2n) is 5.42. The predicted molar refractivity (Wildman–Crippen MR) is 89.3 cm³/mol. The lowest BCUT2D eigenvalue weighted by Gasteiger charge is -2.39. The molecule has 0 fully saturated rings. The van der Waals surface area contributed by atoms with Gasteiger partial charge in [0.1, 0.15) is 11.8 Å². The number of likely N-dealkylation sites (N-methyl/N-ethyl adjacent to an activating group) is 3. The summed E-state index contributed by atoms with van der Waals surface area (Å²) in [5.74, 6) is 2.74. The lowest BCUT2D eigenvalue weighted by atomic mass is 9.97. The molecule has 0 aromatic heterocycles. The van der Waals surface area contributed by atoms with Gasteiger partial charge in [-0.1, -0.05) is 19.3 Å². The van der Waals surface area contributed by atoms with Gasteiger partial charge in [0.15, 0.2) is 0 Å². The number of fused-ring (bicyclic) bond motifs is 1. The Bertz CT molecular complexity index is 528. The van der Waals surface area contributed by atoms with Crippen molar-refractivity contribution >= 4 is 5.69 Å². The van der Waals surface area contributed by atoms with E-state index in [4.69, 9.17) is 6.42 Å². The van der Waals surface area contributed by atoms with Crippen molar-refractivity contribution in [1.29, 1.82) is 0 Å². The molecule has 0 saturated carbocycles. The van der Waals surface area contributed by atoms with E-state index in [1.165, 1.54) is 17.7 Å². The molecule has 0 aliphatic carbocycles. The Morgan fingerprint density at radius 3 is 2.52 bits per heavy atom. The number of unbranched alkanes of at least 4 members (excludes halogenated alkanes) is 1. The molecule has 0 radical (unpaired) electrons. The summed E-state index contributed by atoms with van der Waals surface area (Å²) >= 11 is 0. The summed E-state index contributed by atoms with van der Waals surface area (Å²) in [6.07, 6.45) is 8.06. The minimum atomic E-state index is -0.343. The molecular weight excluding hydrogens is 260 g/mol. The highest BCUT2D eigenvalue weighted by Crippen LogP contribution is 2.41. The molecule has 1 aromatic carbocycles. The first-order valence-corrected chi connectivity index (χ1v) is 7.61. The minimum Gasteiger partial charge on any atom is -0.352 e. The van der Waals surface area contributed by atoms with Gasteiger partial charge in [-0.3, -0.25) is 16.0 Å². The van der Waals surface area contributed by atoms with Crippen molar-refractivity contribution in [1.82, 2.24) is 16.0 Å². The van der Waals surface area contributed by atoms with E-state index in [-0.39, 0.29) is 11.8 Å². The highest BCUT2D eigenvalue weighted by molar-refractivity contribution is 5.66. The topological polar surface area (TPSA) is 39.3 Å². The van der Waals surface area contributed by atoms with Gasteiger partial charge in [0.2, 0.25) is 0 Å². The summed E-state index contributed by atoms with van der Waals surface area (Å²) in [6.45, 7) is 3.24. The van der Waals surface area contributed by atoms with Crippen molar-refractivity contribution in [2.45, 2.75) is 31.6 Å².